The van der Waals surface area contributed by atoms with Crippen molar-refractivity contribution in [2.24, 2.45) is 5.10 Å². The van der Waals surface area contributed by atoms with Crippen LogP contribution in [0.5, 0.6) is 5.75 Å². The summed E-state index contributed by atoms with van der Waals surface area (Å²) in [6.45, 7) is 3.70. The summed E-state index contributed by atoms with van der Waals surface area (Å²) in [4.78, 5) is 20.5. The molecule has 0 bridgehead atoms. The second-order valence-corrected chi connectivity index (χ2v) is 5.12. The van der Waals surface area contributed by atoms with E-state index in [4.69, 9.17) is 4.74 Å². The van der Waals surface area contributed by atoms with Gasteiger partial charge in [0.1, 0.15) is 11.4 Å². The van der Waals surface area contributed by atoms with Crippen molar-refractivity contribution in [1.29, 1.82) is 0 Å². The number of methoxy groups -OCH3 is 1. The summed E-state index contributed by atoms with van der Waals surface area (Å²) < 4.78 is 5.39. The summed E-state index contributed by atoms with van der Waals surface area (Å²) in [7, 11) is 1.54. The summed E-state index contributed by atoms with van der Waals surface area (Å²) in [5.41, 5.74) is 3.36. The van der Waals surface area contributed by atoms with Gasteiger partial charge in [-0.3, -0.25) is 25.7 Å². The summed E-state index contributed by atoms with van der Waals surface area (Å²) in [6.07, 6.45) is 3.82. The maximum absolute atomic E-state index is 11.1. The lowest BCUT2D eigenvalue weighted by molar-refractivity contribution is -0.393. The number of nitro benzene ring substituents is 2. The van der Waals surface area contributed by atoms with Crippen molar-refractivity contribution < 1.29 is 14.6 Å². The van der Waals surface area contributed by atoms with Gasteiger partial charge in [0.2, 0.25) is 0 Å². The second-order valence-electron chi connectivity index (χ2n) is 5.12. The molecule has 0 fully saturated rings. The topological polar surface area (TPSA) is 120 Å². The van der Waals surface area contributed by atoms with E-state index in [1.807, 2.05) is 12.1 Å². The van der Waals surface area contributed by atoms with Crippen LogP contribution in [0, 0.1) is 20.2 Å². The molecule has 0 atom stereocenters. The van der Waals surface area contributed by atoms with E-state index in [9.17, 15) is 20.2 Å². The Bertz CT molecular complexity index is 879. The quantitative estimate of drug-likeness (QED) is 0.333. The van der Waals surface area contributed by atoms with Crippen LogP contribution in [0.1, 0.15) is 11.1 Å². The molecule has 134 valence electrons. The Kier molecular flexibility index (Phi) is 5.99. The van der Waals surface area contributed by atoms with Crippen molar-refractivity contribution in [3.05, 3.63) is 80.4 Å². The zero-order valence-corrected chi connectivity index (χ0v) is 13.9. The number of hydrazone groups is 1. The van der Waals surface area contributed by atoms with Crippen molar-refractivity contribution >= 4 is 23.3 Å². The van der Waals surface area contributed by atoms with Crippen molar-refractivity contribution in [3.63, 3.8) is 0 Å². The van der Waals surface area contributed by atoms with Crippen LogP contribution in [-0.4, -0.2) is 23.2 Å². The highest BCUT2D eigenvalue weighted by molar-refractivity contribution is 5.85. The molecule has 0 heterocycles. The lowest BCUT2D eigenvalue weighted by Crippen LogP contribution is -2.00. The van der Waals surface area contributed by atoms with E-state index in [-0.39, 0.29) is 11.4 Å². The van der Waals surface area contributed by atoms with Gasteiger partial charge in [0, 0.05) is 11.6 Å². The number of nitrogens with one attached hydrogen (secondary N) is 1. The number of nitro groups is 2. The zero-order chi connectivity index (χ0) is 19.1. The van der Waals surface area contributed by atoms with Crippen LogP contribution in [-0.2, 0) is 6.42 Å². The first-order valence-electron chi connectivity index (χ1n) is 7.46. The maximum atomic E-state index is 11.1. The molecule has 0 radical (unpaired) electrons. The standard InChI is InChI=1S/C17H16N4O5/c1-3-5-12-6-4-7-13(17(12)26-2)11-18-19-15-9-8-14(20(22)23)10-16(15)21(24)25/h3-4,6-11,19H,1,5H2,2H3. The van der Waals surface area contributed by atoms with Gasteiger partial charge in [-0.15, -0.1) is 6.58 Å². The second kappa shape index (κ2) is 8.38. The first kappa shape index (κ1) is 18.6. The van der Waals surface area contributed by atoms with Gasteiger partial charge in [-0.25, -0.2) is 0 Å². The zero-order valence-electron chi connectivity index (χ0n) is 13.9. The highest BCUT2D eigenvalue weighted by atomic mass is 16.6. The van der Waals surface area contributed by atoms with Gasteiger partial charge in [0.15, 0.2) is 0 Å². The number of anilines is 1. The minimum Gasteiger partial charge on any atom is -0.496 e. The Morgan fingerprint density at radius 3 is 2.62 bits per heavy atom. The fraction of sp³-hybridized carbons (Fsp3) is 0.118. The molecule has 2 aromatic carbocycles. The molecule has 9 nitrogen and oxygen atoms in total. The number of rotatable bonds is 8. The molecule has 0 aliphatic heterocycles. The highest BCUT2D eigenvalue weighted by Crippen LogP contribution is 2.29. The number of allylic oxidation sites excluding steroid dienone is 1. The van der Waals surface area contributed by atoms with Crippen LogP contribution >= 0.6 is 0 Å². The molecule has 0 saturated carbocycles. The van der Waals surface area contributed by atoms with E-state index >= 15 is 0 Å². The van der Waals surface area contributed by atoms with E-state index in [0.29, 0.717) is 17.7 Å². The van der Waals surface area contributed by atoms with Crippen molar-refractivity contribution in [2.45, 2.75) is 6.42 Å². The largest absolute Gasteiger partial charge is 0.496 e. The van der Waals surface area contributed by atoms with Crippen LogP contribution in [0.2, 0.25) is 0 Å². The summed E-state index contributed by atoms with van der Waals surface area (Å²) in [5.74, 6) is 0.621. The molecular formula is C17H16N4O5. The van der Waals surface area contributed by atoms with E-state index in [1.54, 1.807) is 12.1 Å². The average molecular weight is 356 g/mol. The number of hydrogen-bond acceptors (Lipinski definition) is 7. The smallest absolute Gasteiger partial charge is 0.301 e. The third-order valence-electron chi connectivity index (χ3n) is 3.47. The molecule has 0 amide bonds. The molecular weight excluding hydrogens is 340 g/mol. The van der Waals surface area contributed by atoms with Gasteiger partial charge in [0.25, 0.3) is 5.69 Å². The van der Waals surface area contributed by atoms with Crippen molar-refractivity contribution in [1.82, 2.24) is 0 Å². The Morgan fingerprint density at radius 1 is 1.23 bits per heavy atom. The number of nitrogens with zero attached hydrogens (tertiary/aromatic N) is 3. The number of para-hydroxylation sites is 1. The molecule has 0 unspecified atom stereocenters. The average Bonchev–Trinajstić information content (AvgIpc) is 2.62. The van der Waals surface area contributed by atoms with Gasteiger partial charge < -0.3 is 4.74 Å². The SMILES string of the molecule is C=CCc1cccc(C=NNc2ccc([N+](=O)[O-])cc2[N+](=O)[O-])c1OC. The summed E-state index contributed by atoms with van der Waals surface area (Å²) in [5, 5.41) is 25.8. The molecule has 0 aliphatic rings. The fourth-order valence-electron chi connectivity index (χ4n) is 2.32. The van der Waals surface area contributed by atoms with Crippen LogP contribution in [0.4, 0.5) is 17.1 Å². The first-order valence-corrected chi connectivity index (χ1v) is 7.46. The van der Waals surface area contributed by atoms with Crippen molar-refractivity contribution in [2.75, 3.05) is 12.5 Å². The van der Waals surface area contributed by atoms with E-state index < -0.39 is 15.5 Å². The highest BCUT2D eigenvalue weighted by Gasteiger charge is 2.19. The number of non-ortho nitro benzene ring substituents is 1. The van der Waals surface area contributed by atoms with E-state index in [2.05, 4.69) is 17.1 Å². The van der Waals surface area contributed by atoms with Crippen LogP contribution < -0.4 is 10.2 Å². The van der Waals surface area contributed by atoms with Gasteiger partial charge in [-0.1, -0.05) is 18.2 Å². The van der Waals surface area contributed by atoms with Crippen LogP contribution in [0.15, 0.2) is 54.2 Å². The normalized spacial score (nSPS) is 10.5. The minimum atomic E-state index is -0.712. The van der Waals surface area contributed by atoms with Crippen LogP contribution in [0.3, 0.4) is 0 Å². The predicted octanol–water partition coefficient (Wildman–Crippen LogP) is 3.69. The number of benzene rings is 2. The van der Waals surface area contributed by atoms with Gasteiger partial charge in [-0.2, -0.15) is 5.10 Å². The lowest BCUT2D eigenvalue weighted by atomic mass is 10.1. The molecule has 1 N–H and O–H groups in total. The molecule has 0 aliphatic carbocycles. The third-order valence-corrected chi connectivity index (χ3v) is 3.47. The molecule has 0 spiro atoms. The Morgan fingerprint density at radius 2 is 2.00 bits per heavy atom. The van der Waals surface area contributed by atoms with Crippen LogP contribution in [0.25, 0.3) is 0 Å². The van der Waals surface area contributed by atoms with Gasteiger partial charge >= 0.3 is 5.69 Å². The molecule has 9 heteroatoms. The van der Waals surface area contributed by atoms with E-state index in [0.717, 1.165) is 17.7 Å². The maximum Gasteiger partial charge on any atom is 0.301 e. The number of ether oxygens (including phenoxy) is 1. The minimum absolute atomic E-state index is 0.0399. The van der Waals surface area contributed by atoms with Crippen molar-refractivity contribution in [3.8, 4) is 5.75 Å². The molecule has 0 aromatic heterocycles. The molecule has 2 aromatic rings. The monoisotopic (exact) mass is 356 g/mol. The predicted molar refractivity (Wildman–Crippen MR) is 97.9 cm³/mol. The molecule has 0 saturated heterocycles. The summed E-state index contributed by atoms with van der Waals surface area (Å²) >= 11 is 0. The molecule has 26 heavy (non-hydrogen) atoms. The Balaban J connectivity index is 2.29. The first-order chi connectivity index (χ1) is 12.5. The van der Waals surface area contributed by atoms with Gasteiger partial charge in [0.05, 0.1) is 29.2 Å². The number of hydrogen-bond donors (Lipinski definition) is 1. The lowest BCUT2D eigenvalue weighted by Gasteiger charge is -2.09. The Labute approximate surface area is 148 Å². The fourth-order valence-corrected chi connectivity index (χ4v) is 2.32. The molecule has 2 rings (SSSR count). The Hall–Kier alpha value is -3.75. The van der Waals surface area contributed by atoms with E-state index in [1.165, 1.54) is 19.4 Å². The summed E-state index contributed by atoms with van der Waals surface area (Å²) in [6, 6.07) is 8.78. The van der Waals surface area contributed by atoms with Gasteiger partial charge in [-0.05, 0) is 24.1 Å². The third kappa shape index (κ3) is 4.20.